The highest BCUT2D eigenvalue weighted by Gasteiger charge is 2.45. The number of ether oxygens (including phenoxy) is 1. The first kappa shape index (κ1) is 23.1. The van der Waals surface area contributed by atoms with Crippen LogP contribution in [0.4, 0.5) is 10.1 Å². The lowest BCUT2D eigenvalue weighted by molar-refractivity contribution is 0.0692. The summed E-state index contributed by atoms with van der Waals surface area (Å²) in [6.45, 7) is 5.52. The van der Waals surface area contributed by atoms with Crippen molar-refractivity contribution in [3.63, 3.8) is 0 Å². The van der Waals surface area contributed by atoms with Gasteiger partial charge in [-0.15, -0.1) is 4.21 Å². The first-order valence-corrected chi connectivity index (χ1v) is 13.3. The van der Waals surface area contributed by atoms with Crippen LogP contribution in [0.3, 0.4) is 0 Å². The monoisotopic (exact) mass is 485 g/mol. The number of anilines is 1. The van der Waals surface area contributed by atoms with E-state index < -0.39 is 16.8 Å². The number of nitrogens with one attached hydrogen (secondary N) is 1. The average molecular weight is 486 g/mol. The van der Waals surface area contributed by atoms with Crippen molar-refractivity contribution in [2.24, 2.45) is 5.92 Å². The number of carboxylic acids is 1. The minimum atomic E-state index is -1.94. The number of rotatable bonds is 7. The minimum Gasteiger partial charge on any atom is -0.492 e. The summed E-state index contributed by atoms with van der Waals surface area (Å²) in [5, 5.41) is 12.9. The number of nitrogens with zero attached hydrogens (tertiary/aromatic N) is 1. The normalized spacial score (nSPS) is 23.5. The first-order valence-electron chi connectivity index (χ1n) is 11.9. The Hall–Kier alpha value is -2.71. The summed E-state index contributed by atoms with van der Waals surface area (Å²) in [6, 6.07) is 7.98. The van der Waals surface area contributed by atoms with E-state index in [-0.39, 0.29) is 17.3 Å². The molecular formula is C26H30FN2O4S+. The predicted molar refractivity (Wildman–Crippen MR) is 132 cm³/mol. The lowest BCUT2D eigenvalue weighted by Crippen LogP contribution is -2.30. The molecule has 1 saturated carbocycles. The third kappa shape index (κ3) is 4.61. The fraction of sp³-hybridized carbons (Fsp3) is 0.423. The summed E-state index contributed by atoms with van der Waals surface area (Å²) in [7, 11) is -1.94. The SMILES string of the molecule is CCN1CCCC(=Cc2cc(F)ccc2[SH+](=O)CNc2ccc3c(c2C(=O)O)OCC2CC32)C1. The average Bonchev–Trinajstić information content (AvgIpc) is 3.62. The van der Waals surface area contributed by atoms with E-state index in [1.807, 2.05) is 12.1 Å². The number of fused-ring (bicyclic) bond motifs is 3. The molecule has 0 aromatic heterocycles. The number of hydrogen-bond donors (Lipinski definition) is 2. The molecule has 8 heteroatoms. The molecule has 180 valence electrons. The van der Waals surface area contributed by atoms with Gasteiger partial charge in [-0.3, -0.25) is 4.90 Å². The molecule has 0 radical (unpaired) electrons. The molecule has 1 saturated heterocycles. The van der Waals surface area contributed by atoms with Gasteiger partial charge in [-0.1, -0.05) is 18.6 Å². The van der Waals surface area contributed by atoms with Crippen molar-refractivity contribution < 1.29 is 23.2 Å². The zero-order valence-electron chi connectivity index (χ0n) is 19.2. The third-order valence-electron chi connectivity index (χ3n) is 7.04. The number of piperidine rings is 1. The molecule has 2 aromatic rings. The highest BCUT2D eigenvalue weighted by Crippen LogP contribution is 2.55. The van der Waals surface area contributed by atoms with E-state index in [2.05, 4.69) is 17.1 Å². The van der Waals surface area contributed by atoms with Crippen LogP contribution in [0.5, 0.6) is 5.75 Å². The Morgan fingerprint density at radius 1 is 1.35 bits per heavy atom. The molecule has 0 bridgehead atoms. The number of halogens is 1. The lowest BCUT2D eigenvalue weighted by atomic mass is 10.00. The molecule has 3 unspecified atom stereocenters. The Balaban J connectivity index is 1.37. The standard InChI is InChI=1S/C26H29FN2O4S/c1-2-29-9-3-4-16(13-29)10-17-11-19(27)5-8-23(17)34(32)15-28-22-7-6-20-21-12-18(21)14-33-25(20)24(22)26(30)31/h5-8,10-11,18,21,28H,2-4,9,12-15H2,1H3,(H,30,31)/p+1. The van der Waals surface area contributed by atoms with Crippen LogP contribution in [0.2, 0.25) is 0 Å². The van der Waals surface area contributed by atoms with Crippen molar-refractivity contribution in [2.75, 3.05) is 37.4 Å². The van der Waals surface area contributed by atoms with Gasteiger partial charge in [-0.05, 0) is 74.2 Å². The molecule has 0 amide bonds. The van der Waals surface area contributed by atoms with Gasteiger partial charge in [-0.2, -0.15) is 0 Å². The van der Waals surface area contributed by atoms with Gasteiger partial charge in [0.05, 0.1) is 12.3 Å². The van der Waals surface area contributed by atoms with E-state index in [1.54, 1.807) is 12.1 Å². The second kappa shape index (κ2) is 9.50. The Kier molecular flexibility index (Phi) is 6.44. The number of likely N-dealkylation sites (tertiary alicyclic amines) is 1. The van der Waals surface area contributed by atoms with Gasteiger partial charge in [0, 0.05) is 18.0 Å². The molecule has 5 rings (SSSR count). The maximum atomic E-state index is 14.1. The van der Waals surface area contributed by atoms with Crippen molar-refractivity contribution >= 4 is 28.5 Å². The molecule has 2 heterocycles. The third-order valence-corrected chi connectivity index (χ3v) is 8.43. The van der Waals surface area contributed by atoms with Gasteiger partial charge in [0.15, 0.2) is 10.8 Å². The largest absolute Gasteiger partial charge is 0.492 e. The van der Waals surface area contributed by atoms with Gasteiger partial charge in [0.2, 0.25) is 0 Å². The van der Waals surface area contributed by atoms with Crippen molar-refractivity contribution in [1.82, 2.24) is 4.90 Å². The summed E-state index contributed by atoms with van der Waals surface area (Å²) in [5.41, 5.74) is 3.26. The van der Waals surface area contributed by atoms with E-state index in [9.17, 15) is 18.5 Å². The molecule has 6 nitrogen and oxygen atoms in total. The summed E-state index contributed by atoms with van der Waals surface area (Å²) in [5.74, 6) is -0.0972. The maximum Gasteiger partial charge on any atom is 0.341 e. The van der Waals surface area contributed by atoms with E-state index in [1.165, 1.54) is 17.7 Å². The lowest BCUT2D eigenvalue weighted by Gasteiger charge is -2.27. The van der Waals surface area contributed by atoms with Crippen molar-refractivity contribution in [2.45, 2.75) is 37.0 Å². The van der Waals surface area contributed by atoms with E-state index in [0.29, 0.717) is 40.3 Å². The van der Waals surface area contributed by atoms with E-state index >= 15 is 0 Å². The number of hydrogen-bond acceptors (Lipinski definition) is 5. The molecule has 2 aliphatic heterocycles. The Labute approximate surface area is 201 Å². The number of carboxylic acid groups (broad SMARTS) is 1. The van der Waals surface area contributed by atoms with Crippen molar-refractivity contribution in [3.05, 3.63) is 58.4 Å². The number of carbonyl (C=O) groups is 1. The molecule has 3 aliphatic rings. The van der Waals surface area contributed by atoms with Gasteiger partial charge in [-0.25, -0.2) is 9.18 Å². The van der Waals surface area contributed by atoms with Gasteiger partial charge >= 0.3 is 5.97 Å². The fourth-order valence-corrected chi connectivity index (χ4v) is 6.24. The molecule has 2 N–H and O–H groups in total. The molecule has 0 spiro atoms. The number of thiol groups is 1. The summed E-state index contributed by atoms with van der Waals surface area (Å²) in [6.07, 6.45) is 5.00. The minimum absolute atomic E-state index is 0.0450. The zero-order valence-corrected chi connectivity index (χ0v) is 20.1. The van der Waals surface area contributed by atoms with Crippen LogP contribution < -0.4 is 10.1 Å². The first-order chi connectivity index (χ1) is 16.4. The van der Waals surface area contributed by atoms with Crippen LogP contribution in [0.1, 0.15) is 53.6 Å². The van der Waals surface area contributed by atoms with E-state index in [0.717, 1.165) is 44.5 Å². The molecule has 34 heavy (non-hydrogen) atoms. The Morgan fingerprint density at radius 2 is 2.21 bits per heavy atom. The van der Waals surface area contributed by atoms with Gasteiger partial charge < -0.3 is 15.2 Å². The summed E-state index contributed by atoms with van der Waals surface area (Å²) >= 11 is 0. The smallest absolute Gasteiger partial charge is 0.341 e. The number of likely N-dealkylation sites (N-methyl/N-ethyl adjacent to an activating group) is 1. The quantitative estimate of drug-likeness (QED) is 0.439. The second-order valence-electron chi connectivity index (χ2n) is 9.32. The van der Waals surface area contributed by atoms with Crippen LogP contribution in [0.15, 0.2) is 40.8 Å². The highest BCUT2D eigenvalue weighted by atomic mass is 32.2. The van der Waals surface area contributed by atoms with Crippen LogP contribution >= 0.6 is 0 Å². The van der Waals surface area contributed by atoms with Crippen LogP contribution in [-0.4, -0.2) is 48.1 Å². The highest BCUT2D eigenvalue weighted by molar-refractivity contribution is 7.85. The molecule has 2 fully saturated rings. The van der Waals surface area contributed by atoms with E-state index in [4.69, 9.17) is 4.74 Å². The molecule has 1 aliphatic carbocycles. The van der Waals surface area contributed by atoms with Crippen molar-refractivity contribution in [1.29, 1.82) is 0 Å². The predicted octanol–water partition coefficient (Wildman–Crippen LogP) is 4.64. The molecule has 3 atom stereocenters. The summed E-state index contributed by atoms with van der Waals surface area (Å²) < 4.78 is 33.1. The second-order valence-corrected chi connectivity index (χ2v) is 10.9. The zero-order chi connectivity index (χ0) is 23.8. The van der Waals surface area contributed by atoms with Crippen molar-refractivity contribution in [3.8, 4) is 5.75 Å². The van der Waals surface area contributed by atoms with Gasteiger partial charge in [0.25, 0.3) is 0 Å². The Morgan fingerprint density at radius 3 is 3.00 bits per heavy atom. The van der Waals surface area contributed by atoms with Crippen LogP contribution in [0.25, 0.3) is 6.08 Å². The maximum absolute atomic E-state index is 14.1. The number of aromatic carboxylic acids is 1. The Bertz CT molecular complexity index is 1180. The topological polar surface area (TPSA) is 78.9 Å². The molecular weight excluding hydrogens is 455 g/mol. The van der Waals surface area contributed by atoms with Crippen LogP contribution in [0, 0.1) is 11.7 Å². The fourth-order valence-electron chi connectivity index (χ4n) is 5.10. The molecule has 2 aromatic carbocycles. The summed E-state index contributed by atoms with van der Waals surface area (Å²) in [4.78, 5) is 15.0. The number of benzene rings is 2. The van der Waals surface area contributed by atoms with Gasteiger partial charge in [0.1, 0.15) is 27.9 Å². The van der Waals surface area contributed by atoms with Crippen LogP contribution in [-0.2, 0) is 15.0 Å².